The molecule has 0 heterocycles. The Labute approximate surface area is 132 Å². The zero-order valence-corrected chi connectivity index (χ0v) is 14.3. The zero-order chi connectivity index (χ0) is 14.7. The Morgan fingerprint density at radius 2 is 1.62 bits per heavy atom. The zero-order valence-electron chi connectivity index (χ0n) is 14.3. The van der Waals surface area contributed by atoms with Crippen molar-refractivity contribution in [2.45, 2.75) is 102 Å². The van der Waals surface area contributed by atoms with E-state index >= 15 is 0 Å². The molecule has 0 aromatic rings. The molecule has 0 aliphatic heterocycles. The van der Waals surface area contributed by atoms with Gasteiger partial charge >= 0.3 is 0 Å². The van der Waals surface area contributed by atoms with Crippen LogP contribution in [0.3, 0.4) is 0 Å². The first-order chi connectivity index (χ1) is 10.2. The van der Waals surface area contributed by atoms with Crippen LogP contribution in [0.15, 0.2) is 0 Å². The fraction of sp³-hybridized carbons (Fsp3) is 1.00. The summed E-state index contributed by atoms with van der Waals surface area (Å²) in [5.41, 5.74) is 7.43. The van der Waals surface area contributed by atoms with Gasteiger partial charge in [0.25, 0.3) is 0 Å². The Hall–Kier alpha value is -0.0400. The molecule has 21 heavy (non-hydrogen) atoms. The summed E-state index contributed by atoms with van der Waals surface area (Å²) in [6.45, 7) is 2.38. The number of nitrogens with two attached hydrogens (primary N) is 1. The molecule has 3 aliphatic carbocycles. The van der Waals surface area contributed by atoms with Crippen molar-refractivity contribution in [1.29, 1.82) is 0 Å². The monoisotopic (exact) mass is 291 g/mol. The fourth-order valence-corrected chi connectivity index (χ4v) is 6.12. The minimum atomic E-state index is 0.202. The van der Waals surface area contributed by atoms with Crippen LogP contribution in [0.5, 0.6) is 0 Å². The lowest BCUT2D eigenvalue weighted by atomic mass is 9.56. The highest BCUT2D eigenvalue weighted by Crippen LogP contribution is 2.50. The van der Waals surface area contributed by atoms with Gasteiger partial charge in [0.15, 0.2) is 0 Å². The summed E-state index contributed by atoms with van der Waals surface area (Å²) in [6.07, 6.45) is 20.1. The van der Waals surface area contributed by atoms with Crippen molar-refractivity contribution in [3.05, 3.63) is 0 Å². The van der Waals surface area contributed by atoms with Crippen LogP contribution in [0.4, 0.5) is 0 Å². The molecule has 0 saturated heterocycles. The van der Waals surface area contributed by atoms with E-state index in [0.29, 0.717) is 0 Å². The van der Waals surface area contributed by atoms with Gasteiger partial charge in [-0.1, -0.05) is 71.1 Å². The summed E-state index contributed by atoms with van der Waals surface area (Å²) in [5.74, 6) is 3.62. The highest BCUT2D eigenvalue weighted by molar-refractivity contribution is 5.03. The fourth-order valence-electron chi connectivity index (χ4n) is 6.12. The molecule has 0 amide bonds. The van der Waals surface area contributed by atoms with E-state index in [4.69, 9.17) is 5.73 Å². The second kappa shape index (κ2) is 7.02. The van der Waals surface area contributed by atoms with E-state index in [9.17, 15) is 0 Å². The van der Waals surface area contributed by atoms with Crippen LogP contribution < -0.4 is 5.73 Å². The van der Waals surface area contributed by atoms with Gasteiger partial charge in [-0.25, -0.2) is 0 Å². The van der Waals surface area contributed by atoms with Gasteiger partial charge in [0, 0.05) is 5.54 Å². The highest BCUT2D eigenvalue weighted by atomic mass is 14.8. The summed E-state index contributed by atoms with van der Waals surface area (Å²) in [7, 11) is 0. The van der Waals surface area contributed by atoms with E-state index in [0.717, 1.165) is 23.7 Å². The lowest BCUT2D eigenvalue weighted by molar-refractivity contribution is 0.0279. The Balaban J connectivity index is 1.74. The Morgan fingerprint density at radius 1 is 0.857 bits per heavy atom. The second-order valence-corrected chi connectivity index (χ2v) is 8.50. The molecule has 3 rings (SSSR count). The van der Waals surface area contributed by atoms with Crippen molar-refractivity contribution in [1.82, 2.24) is 0 Å². The molecule has 0 spiro atoms. The number of hydrogen-bond donors (Lipinski definition) is 1. The molecule has 0 radical (unpaired) electrons. The van der Waals surface area contributed by atoms with Gasteiger partial charge in [-0.05, 0) is 49.4 Å². The molecule has 0 bridgehead atoms. The quantitative estimate of drug-likeness (QED) is 0.712. The molecule has 3 aliphatic rings. The van der Waals surface area contributed by atoms with Gasteiger partial charge in [-0.3, -0.25) is 0 Å². The first-order valence-electron chi connectivity index (χ1n) is 10.0. The Bertz CT molecular complexity index is 320. The minimum Gasteiger partial charge on any atom is -0.325 e. The van der Waals surface area contributed by atoms with Gasteiger partial charge in [-0.15, -0.1) is 0 Å². The van der Waals surface area contributed by atoms with E-state index < -0.39 is 0 Å². The van der Waals surface area contributed by atoms with Gasteiger partial charge < -0.3 is 5.73 Å². The number of rotatable bonds is 3. The maximum Gasteiger partial charge on any atom is 0.0214 e. The highest BCUT2D eigenvalue weighted by Gasteiger charge is 2.47. The molecule has 4 unspecified atom stereocenters. The van der Waals surface area contributed by atoms with E-state index in [-0.39, 0.29) is 5.54 Å². The predicted molar refractivity (Wildman–Crippen MR) is 91.2 cm³/mol. The van der Waals surface area contributed by atoms with Crippen LogP contribution >= 0.6 is 0 Å². The Morgan fingerprint density at radius 3 is 2.38 bits per heavy atom. The third-order valence-electron chi connectivity index (χ3n) is 7.40. The van der Waals surface area contributed by atoms with Crippen molar-refractivity contribution in [3.8, 4) is 0 Å². The van der Waals surface area contributed by atoms with Crippen LogP contribution in [0.1, 0.15) is 96.8 Å². The third kappa shape index (κ3) is 3.33. The van der Waals surface area contributed by atoms with E-state index in [2.05, 4.69) is 6.92 Å². The summed E-state index contributed by atoms with van der Waals surface area (Å²) in [5, 5.41) is 0. The minimum absolute atomic E-state index is 0.202. The van der Waals surface area contributed by atoms with Crippen molar-refractivity contribution in [2.24, 2.45) is 29.4 Å². The van der Waals surface area contributed by atoms with E-state index in [1.807, 2.05) is 0 Å². The Kier molecular flexibility index (Phi) is 5.30. The lowest BCUT2D eigenvalue weighted by Crippen LogP contribution is -2.58. The molecule has 0 aromatic heterocycles. The van der Waals surface area contributed by atoms with Gasteiger partial charge in [0.05, 0.1) is 0 Å². The van der Waals surface area contributed by atoms with Crippen LogP contribution in [-0.4, -0.2) is 5.54 Å². The molecule has 3 saturated carbocycles. The first kappa shape index (κ1) is 15.8. The van der Waals surface area contributed by atoms with Crippen molar-refractivity contribution in [2.75, 3.05) is 0 Å². The van der Waals surface area contributed by atoms with Crippen LogP contribution in [-0.2, 0) is 0 Å². The molecular weight excluding hydrogens is 254 g/mol. The molecule has 2 N–H and O–H groups in total. The van der Waals surface area contributed by atoms with Crippen LogP contribution in [0.25, 0.3) is 0 Å². The summed E-state index contributed by atoms with van der Waals surface area (Å²) in [4.78, 5) is 0. The summed E-state index contributed by atoms with van der Waals surface area (Å²) < 4.78 is 0. The van der Waals surface area contributed by atoms with Crippen LogP contribution in [0, 0.1) is 23.7 Å². The SMILES string of the molecule is CCC1CCCC(C2(N)CCCCC2C2CCCCC2)C1. The predicted octanol–water partition coefficient (Wildman–Crippen LogP) is 5.67. The van der Waals surface area contributed by atoms with Crippen molar-refractivity contribution < 1.29 is 0 Å². The summed E-state index contributed by atoms with van der Waals surface area (Å²) in [6, 6.07) is 0. The van der Waals surface area contributed by atoms with Crippen molar-refractivity contribution in [3.63, 3.8) is 0 Å². The lowest BCUT2D eigenvalue weighted by Gasteiger charge is -2.52. The first-order valence-corrected chi connectivity index (χ1v) is 10.0. The third-order valence-corrected chi connectivity index (χ3v) is 7.40. The van der Waals surface area contributed by atoms with Gasteiger partial charge in [0.2, 0.25) is 0 Å². The van der Waals surface area contributed by atoms with Gasteiger partial charge in [-0.2, -0.15) is 0 Å². The second-order valence-electron chi connectivity index (χ2n) is 8.50. The largest absolute Gasteiger partial charge is 0.325 e. The topological polar surface area (TPSA) is 26.0 Å². The molecule has 122 valence electrons. The van der Waals surface area contributed by atoms with Crippen molar-refractivity contribution >= 4 is 0 Å². The normalized spacial score (nSPS) is 42.9. The van der Waals surface area contributed by atoms with Crippen LogP contribution in [0.2, 0.25) is 0 Å². The molecule has 1 nitrogen and oxygen atoms in total. The standard InChI is InChI=1S/C20H37N/c1-2-16-9-8-12-18(15-16)20(21)14-7-6-13-19(20)17-10-4-3-5-11-17/h16-19H,2-15,21H2,1H3. The molecule has 1 heteroatoms. The van der Waals surface area contributed by atoms with E-state index in [1.54, 1.807) is 0 Å². The molecular formula is C20H37N. The average Bonchev–Trinajstić information content (AvgIpc) is 2.56. The maximum absolute atomic E-state index is 7.23. The molecule has 0 aromatic carbocycles. The van der Waals surface area contributed by atoms with E-state index in [1.165, 1.54) is 89.9 Å². The number of hydrogen-bond acceptors (Lipinski definition) is 1. The van der Waals surface area contributed by atoms with Gasteiger partial charge in [0.1, 0.15) is 0 Å². The maximum atomic E-state index is 7.23. The smallest absolute Gasteiger partial charge is 0.0214 e. The molecule has 3 fully saturated rings. The average molecular weight is 292 g/mol. The summed E-state index contributed by atoms with van der Waals surface area (Å²) >= 11 is 0. The molecule has 4 atom stereocenters.